The van der Waals surface area contributed by atoms with Crippen molar-refractivity contribution in [3.05, 3.63) is 30.1 Å². The van der Waals surface area contributed by atoms with Gasteiger partial charge in [-0.05, 0) is 0 Å². The molecule has 0 atom stereocenters. The van der Waals surface area contributed by atoms with Gasteiger partial charge < -0.3 is 0 Å². The molecule has 0 fully saturated rings. The molecule has 0 unspecified atom stereocenters. The van der Waals surface area contributed by atoms with E-state index in [0.717, 1.165) is 0 Å². The standard InChI is InChI=1S/C8H10N.Bi/c1-7(2)8-5-3-4-6-9-8;/h3-6H,1-2H3;. The molecule has 1 rings (SSSR count). The number of hydrogen-bond acceptors (Lipinski definition) is 1. The fourth-order valence-electron chi connectivity index (χ4n) is 0.725. The SMILES string of the molecule is C[C](C)([Bi])c1ccccn1. The van der Waals surface area contributed by atoms with Crippen molar-refractivity contribution in [1.82, 2.24) is 4.98 Å². The second-order valence-electron chi connectivity index (χ2n) is 2.77. The molecular weight excluding hydrogens is 319 g/mol. The fourth-order valence-corrected chi connectivity index (χ4v) is 1.24. The van der Waals surface area contributed by atoms with Crippen LogP contribution in [0.4, 0.5) is 0 Å². The zero-order chi connectivity index (χ0) is 7.61. The third kappa shape index (κ3) is 2.02. The van der Waals surface area contributed by atoms with E-state index in [-0.39, 0.29) is 0 Å². The van der Waals surface area contributed by atoms with E-state index in [0.29, 0.717) is 3.12 Å². The van der Waals surface area contributed by atoms with Crippen molar-refractivity contribution in [3.63, 3.8) is 0 Å². The Balaban J connectivity index is 2.97. The van der Waals surface area contributed by atoms with E-state index in [1.807, 2.05) is 18.3 Å². The van der Waals surface area contributed by atoms with Gasteiger partial charge in [-0.25, -0.2) is 0 Å². The van der Waals surface area contributed by atoms with E-state index in [9.17, 15) is 0 Å². The van der Waals surface area contributed by atoms with Crippen molar-refractivity contribution >= 4 is 24.7 Å². The van der Waals surface area contributed by atoms with Gasteiger partial charge in [0.1, 0.15) is 0 Å². The molecule has 0 amide bonds. The summed E-state index contributed by atoms with van der Waals surface area (Å²) in [5.74, 6) is 0. The first kappa shape index (κ1) is 8.13. The van der Waals surface area contributed by atoms with Crippen LogP contribution in [0.25, 0.3) is 0 Å². The molecule has 0 saturated carbocycles. The molecule has 2 heteroatoms. The Morgan fingerprint density at radius 1 is 1.40 bits per heavy atom. The summed E-state index contributed by atoms with van der Waals surface area (Å²) in [6.07, 6.45) is 1.85. The first-order valence-corrected chi connectivity index (χ1v) is 4.98. The molecule has 0 N–H and O–H groups in total. The van der Waals surface area contributed by atoms with Gasteiger partial charge in [0, 0.05) is 0 Å². The minimum absolute atomic E-state index is 0.293. The molecule has 0 saturated heterocycles. The van der Waals surface area contributed by atoms with Crippen molar-refractivity contribution in [2.75, 3.05) is 0 Å². The molecule has 2 radical (unpaired) electrons. The van der Waals surface area contributed by atoms with Gasteiger partial charge in [-0.3, -0.25) is 0 Å². The summed E-state index contributed by atoms with van der Waals surface area (Å²) in [5.41, 5.74) is 1.20. The van der Waals surface area contributed by atoms with Gasteiger partial charge in [-0.1, -0.05) is 0 Å². The van der Waals surface area contributed by atoms with Gasteiger partial charge in [0.05, 0.1) is 0 Å². The summed E-state index contributed by atoms with van der Waals surface area (Å²) in [4.78, 5) is 4.28. The van der Waals surface area contributed by atoms with Crippen LogP contribution in [0, 0.1) is 0 Å². The molecule has 1 aromatic heterocycles. The Hall–Kier alpha value is 0.0331. The second kappa shape index (κ2) is 2.96. The summed E-state index contributed by atoms with van der Waals surface area (Å²) in [6.45, 7) is 4.42. The van der Waals surface area contributed by atoms with Crippen LogP contribution in [0.15, 0.2) is 24.4 Å². The fraction of sp³-hybridized carbons (Fsp3) is 0.375. The van der Waals surface area contributed by atoms with E-state index >= 15 is 0 Å². The molecule has 10 heavy (non-hydrogen) atoms. The van der Waals surface area contributed by atoms with Crippen molar-refractivity contribution in [2.45, 2.75) is 17.0 Å². The number of pyridine rings is 1. The molecule has 0 bridgehead atoms. The van der Waals surface area contributed by atoms with Gasteiger partial charge in [0.25, 0.3) is 0 Å². The van der Waals surface area contributed by atoms with E-state index in [1.54, 1.807) is 0 Å². The van der Waals surface area contributed by atoms with E-state index in [2.05, 4.69) is 24.9 Å². The van der Waals surface area contributed by atoms with Gasteiger partial charge >= 0.3 is 76.8 Å². The zero-order valence-corrected chi connectivity index (χ0v) is 9.68. The summed E-state index contributed by atoms with van der Waals surface area (Å²) in [6, 6.07) is 6.07. The number of nitrogens with zero attached hydrogens (tertiary/aromatic N) is 1. The molecule has 0 aliphatic rings. The first-order chi connectivity index (χ1) is 4.61. The average molecular weight is 329 g/mol. The van der Waals surface area contributed by atoms with Gasteiger partial charge in [0.2, 0.25) is 0 Å². The van der Waals surface area contributed by atoms with Crippen molar-refractivity contribution < 1.29 is 0 Å². The Kier molecular flexibility index (Phi) is 2.41. The summed E-state index contributed by atoms with van der Waals surface area (Å²) in [5, 5.41) is 0. The number of hydrogen-bond donors (Lipinski definition) is 0. The van der Waals surface area contributed by atoms with Gasteiger partial charge in [-0.2, -0.15) is 0 Å². The molecule has 1 aromatic rings. The monoisotopic (exact) mass is 329 g/mol. The minimum atomic E-state index is 0.293. The van der Waals surface area contributed by atoms with Crippen LogP contribution in [-0.4, -0.2) is 29.7 Å². The van der Waals surface area contributed by atoms with Crippen LogP contribution in [0.5, 0.6) is 0 Å². The second-order valence-corrected chi connectivity index (χ2v) is 7.12. The molecule has 1 heterocycles. The van der Waals surface area contributed by atoms with Crippen molar-refractivity contribution in [1.29, 1.82) is 0 Å². The summed E-state index contributed by atoms with van der Waals surface area (Å²) in [7, 11) is 0. The maximum atomic E-state index is 4.28. The topological polar surface area (TPSA) is 12.9 Å². The normalized spacial score (nSPS) is 11.5. The van der Waals surface area contributed by atoms with Crippen LogP contribution >= 0.6 is 0 Å². The van der Waals surface area contributed by atoms with E-state index in [1.165, 1.54) is 30.4 Å². The van der Waals surface area contributed by atoms with Crippen LogP contribution in [0.1, 0.15) is 19.5 Å². The van der Waals surface area contributed by atoms with Crippen molar-refractivity contribution in [2.24, 2.45) is 0 Å². The third-order valence-corrected chi connectivity index (χ3v) is 2.18. The summed E-state index contributed by atoms with van der Waals surface area (Å²) >= 11 is 1.35. The van der Waals surface area contributed by atoms with Crippen LogP contribution in [0.3, 0.4) is 0 Å². The molecular formula is C8H10BiN. The zero-order valence-electron chi connectivity index (χ0n) is 6.20. The predicted octanol–water partition coefficient (Wildman–Crippen LogP) is 1.49. The van der Waals surface area contributed by atoms with Crippen molar-refractivity contribution in [3.8, 4) is 0 Å². The number of aromatic nitrogens is 1. The molecule has 0 aromatic carbocycles. The van der Waals surface area contributed by atoms with E-state index in [4.69, 9.17) is 0 Å². The molecule has 0 aliphatic heterocycles. The number of rotatable bonds is 1. The molecule has 52 valence electrons. The third-order valence-electron chi connectivity index (χ3n) is 1.29. The molecule has 1 nitrogen and oxygen atoms in total. The molecule has 0 aliphatic carbocycles. The Bertz CT molecular complexity index is 200. The summed E-state index contributed by atoms with van der Waals surface area (Å²) < 4.78 is 0.293. The molecule has 0 spiro atoms. The Morgan fingerprint density at radius 3 is 2.40 bits per heavy atom. The average Bonchev–Trinajstić information content (AvgIpc) is 1.88. The van der Waals surface area contributed by atoms with Crippen LogP contribution in [0.2, 0.25) is 0 Å². The maximum absolute atomic E-state index is 4.28. The van der Waals surface area contributed by atoms with Gasteiger partial charge in [0.15, 0.2) is 0 Å². The quantitative estimate of drug-likeness (QED) is 0.712. The Labute approximate surface area is 76.7 Å². The predicted molar refractivity (Wildman–Crippen MR) is 43.0 cm³/mol. The Morgan fingerprint density at radius 2 is 2.10 bits per heavy atom. The van der Waals surface area contributed by atoms with Gasteiger partial charge in [-0.15, -0.1) is 0 Å². The van der Waals surface area contributed by atoms with Crippen LogP contribution in [-0.2, 0) is 3.12 Å². The van der Waals surface area contributed by atoms with Crippen LogP contribution < -0.4 is 0 Å². The van der Waals surface area contributed by atoms with E-state index < -0.39 is 0 Å². The first-order valence-electron chi connectivity index (χ1n) is 3.24.